The lowest BCUT2D eigenvalue weighted by Gasteiger charge is -2.23. The van der Waals surface area contributed by atoms with Gasteiger partial charge in [0.05, 0.1) is 23.6 Å². The lowest BCUT2D eigenvalue weighted by Crippen LogP contribution is -2.36. The van der Waals surface area contributed by atoms with Crippen molar-refractivity contribution in [1.82, 2.24) is 5.32 Å². The van der Waals surface area contributed by atoms with Crippen LogP contribution in [0, 0.1) is 0 Å². The van der Waals surface area contributed by atoms with Crippen LogP contribution in [0.5, 0.6) is 0 Å². The van der Waals surface area contributed by atoms with E-state index in [1.165, 1.54) is 0 Å². The van der Waals surface area contributed by atoms with Gasteiger partial charge in [-0.2, -0.15) is 0 Å². The number of nitrogens with zero attached hydrogens (tertiary/aromatic N) is 1. The number of fused-ring (bicyclic) bond motifs is 1. The number of nitrogens with one attached hydrogen (secondary N) is 1. The molecule has 96 valence electrons. The number of hydrogen-bond acceptors (Lipinski definition) is 3. The SMILES string of the molecule is O=S1(=O)C[C@@H]2NC(=S)N(c3ccc(Cl)cc3)[C@@H]2C1. The van der Waals surface area contributed by atoms with Crippen molar-refractivity contribution in [3.8, 4) is 0 Å². The van der Waals surface area contributed by atoms with Crippen molar-refractivity contribution in [2.45, 2.75) is 12.1 Å². The largest absolute Gasteiger partial charge is 0.356 e. The van der Waals surface area contributed by atoms with Crippen LogP contribution in [0.25, 0.3) is 0 Å². The van der Waals surface area contributed by atoms with E-state index in [1.54, 1.807) is 12.1 Å². The highest BCUT2D eigenvalue weighted by Crippen LogP contribution is 2.30. The predicted octanol–water partition coefficient (Wildman–Crippen LogP) is 1.20. The highest BCUT2D eigenvalue weighted by molar-refractivity contribution is 7.91. The van der Waals surface area contributed by atoms with Crippen LogP contribution >= 0.6 is 23.8 Å². The summed E-state index contributed by atoms with van der Waals surface area (Å²) in [5, 5.41) is 4.31. The summed E-state index contributed by atoms with van der Waals surface area (Å²) >= 11 is 11.1. The average molecular weight is 303 g/mol. The first kappa shape index (κ1) is 12.2. The van der Waals surface area contributed by atoms with Crippen molar-refractivity contribution in [3.05, 3.63) is 29.3 Å². The predicted molar refractivity (Wildman–Crippen MR) is 75.9 cm³/mol. The van der Waals surface area contributed by atoms with Gasteiger partial charge in [-0.3, -0.25) is 0 Å². The first-order valence-electron chi connectivity index (χ1n) is 5.52. The van der Waals surface area contributed by atoms with Gasteiger partial charge < -0.3 is 10.2 Å². The van der Waals surface area contributed by atoms with Gasteiger partial charge >= 0.3 is 0 Å². The van der Waals surface area contributed by atoms with Gasteiger partial charge in [-0.05, 0) is 36.5 Å². The van der Waals surface area contributed by atoms with Crippen molar-refractivity contribution in [3.63, 3.8) is 0 Å². The highest BCUT2D eigenvalue weighted by Gasteiger charge is 2.47. The molecule has 0 amide bonds. The quantitative estimate of drug-likeness (QED) is 0.790. The molecule has 0 aromatic heterocycles. The van der Waals surface area contributed by atoms with E-state index >= 15 is 0 Å². The van der Waals surface area contributed by atoms with E-state index in [4.69, 9.17) is 23.8 Å². The molecule has 2 heterocycles. The second-order valence-electron chi connectivity index (χ2n) is 4.55. The zero-order valence-electron chi connectivity index (χ0n) is 9.34. The summed E-state index contributed by atoms with van der Waals surface area (Å²) in [6.07, 6.45) is 0. The molecular formula is C11H11ClN2O2S2. The third-order valence-electron chi connectivity index (χ3n) is 3.29. The maximum Gasteiger partial charge on any atom is 0.174 e. The van der Waals surface area contributed by atoms with Crippen LogP contribution in [0.2, 0.25) is 5.02 Å². The first-order chi connectivity index (χ1) is 8.46. The van der Waals surface area contributed by atoms with Gasteiger partial charge in [0.15, 0.2) is 14.9 Å². The minimum atomic E-state index is -2.97. The summed E-state index contributed by atoms with van der Waals surface area (Å²) in [7, 11) is -2.97. The van der Waals surface area contributed by atoms with Crippen LogP contribution in [0.3, 0.4) is 0 Å². The molecule has 2 aliphatic rings. The van der Waals surface area contributed by atoms with Crippen LogP contribution in [-0.4, -0.2) is 37.1 Å². The van der Waals surface area contributed by atoms with Gasteiger partial charge in [0.25, 0.3) is 0 Å². The molecule has 2 saturated heterocycles. The fourth-order valence-electron chi connectivity index (χ4n) is 2.51. The van der Waals surface area contributed by atoms with E-state index in [0.29, 0.717) is 10.1 Å². The second-order valence-corrected chi connectivity index (χ2v) is 7.52. The Balaban J connectivity index is 1.96. The Kier molecular flexibility index (Phi) is 2.76. The molecule has 0 radical (unpaired) electrons. The monoisotopic (exact) mass is 302 g/mol. The molecule has 0 aliphatic carbocycles. The number of rotatable bonds is 1. The summed E-state index contributed by atoms with van der Waals surface area (Å²) in [6, 6.07) is 7.04. The van der Waals surface area contributed by atoms with Gasteiger partial charge in [0.1, 0.15) is 0 Å². The van der Waals surface area contributed by atoms with Gasteiger partial charge in [0.2, 0.25) is 0 Å². The summed E-state index contributed by atoms with van der Waals surface area (Å²) in [5.74, 6) is 0.301. The molecule has 2 fully saturated rings. The van der Waals surface area contributed by atoms with E-state index < -0.39 is 9.84 Å². The Labute approximate surface area is 116 Å². The van der Waals surface area contributed by atoms with Crippen LogP contribution in [0.4, 0.5) is 5.69 Å². The normalized spacial score (nSPS) is 29.2. The Morgan fingerprint density at radius 1 is 1.28 bits per heavy atom. The lowest BCUT2D eigenvalue weighted by atomic mass is 10.1. The molecule has 0 bridgehead atoms. The summed E-state index contributed by atoms with van der Waals surface area (Å²) < 4.78 is 23.3. The molecule has 0 saturated carbocycles. The number of hydrogen-bond donors (Lipinski definition) is 1. The maximum absolute atomic E-state index is 11.7. The molecule has 0 spiro atoms. The molecule has 1 N–H and O–H groups in total. The molecule has 3 rings (SSSR count). The third kappa shape index (κ3) is 1.98. The van der Waals surface area contributed by atoms with Crippen molar-refractivity contribution in [1.29, 1.82) is 0 Å². The summed E-state index contributed by atoms with van der Waals surface area (Å²) in [6.45, 7) is 0. The Hall–Kier alpha value is -0.850. The van der Waals surface area contributed by atoms with Crippen molar-refractivity contribution >= 4 is 44.5 Å². The Bertz CT molecular complexity index is 600. The zero-order valence-corrected chi connectivity index (χ0v) is 11.7. The summed E-state index contributed by atoms with van der Waals surface area (Å²) in [5.41, 5.74) is 0.876. The van der Waals surface area contributed by atoms with Crippen LogP contribution in [-0.2, 0) is 9.84 Å². The van der Waals surface area contributed by atoms with Gasteiger partial charge in [0, 0.05) is 10.7 Å². The minimum absolute atomic E-state index is 0.0989. The first-order valence-corrected chi connectivity index (χ1v) is 8.13. The molecule has 1 aromatic rings. The van der Waals surface area contributed by atoms with E-state index in [1.807, 2.05) is 17.0 Å². The summed E-state index contributed by atoms with van der Waals surface area (Å²) in [4.78, 5) is 1.88. The van der Waals surface area contributed by atoms with Gasteiger partial charge in [-0.25, -0.2) is 8.42 Å². The van der Waals surface area contributed by atoms with E-state index in [-0.39, 0.29) is 23.6 Å². The molecule has 7 heteroatoms. The van der Waals surface area contributed by atoms with Gasteiger partial charge in [-0.15, -0.1) is 0 Å². The maximum atomic E-state index is 11.7. The van der Waals surface area contributed by atoms with Crippen LogP contribution in [0.15, 0.2) is 24.3 Å². The molecule has 2 atom stereocenters. The fourth-order valence-corrected chi connectivity index (χ4v) is 4.92. The number of benzene rings is 1. The van der Waals surface area contributed by atoms with Crippen molar-refractivity contribution < 1.29 is 8.42 Å². The molecular weight excluding hydrogens is 292 g/mol. The van der Waals surface area contributed by atoms with Gasteiger partial charge in [-0.1, -0.05) is 11.6 Å². The fraction of sp³-hybridized carbons (Fsp3) is 0.364. The van der Waals surface area contributed by atoms with Crippen molar-refractivity contribution in [2.75, 3.05) is 16.4 Å². The smallest absolute Gasteiger partial charge is 0.174 e. The zero-order chi connectivity index (χ0) is 12.9. The number of anilines is 1. The highest BCUT2D eigenvalue weighted by atomic mass is 35.5. The third-order valence-corrected chi connectivity index (χ3v) is 5.57. The minimum Gasteiger partial charge on any atom is -0.356 e. The Morgan fingerprint density at radius 2 is 1.94 bits per heavy atom. The molecule has 1 aromatic carbocycles. The van der Waals surface area contributed by atoms with Crippen molar-refractivity contribution in [2.24, 2.45) is 0 Å². The Morgan fingerprint density at radius 3 is 2.61 bits per heavy atom. The van der Waals surface area contributed by atoms with E-state index in [0.717, 1.165) is 5.69 Å². The standard InChI is InChI=1S/C11H11ClN2O2S2/c12-7-1-3-8(4-2-7)14-10-6-18(15,16)5-9(10)13-11(14)17/h1-4,9-10H,5-6H2,(H,13,17)/t9-,10+/m0/s1. The van der Waals surface area contributed by atoms with E-state index in [9.17, 15) is 8.42 Å². The molecule has 18 heavy (non-hydrogen) atoms. The molecule has 0 unspecified atom stereocenters. The van der Waals surface area contributed by atoms with E-state index in [2.05, 4.69) is 5.32 Å². The number of sulfone groups is 1. The topological polar surface area (TPSA) is 49.4 Å². The van der Waals surface area contributed by atoms with Crippen LogP contribution < -0.4 is 10.2 Å². The number of thiocarbonyl (C=S) groups is 1. The molecule has 4 nitrogen and oxygen atoms in total. The van der Waals surface area contributed by atoms with Crippen LogP contribution in [0.1, 0.15) is 0 Å². The second kappa shape index (κ2) is 4.08. The number of halogens is 1. The average Bonchev–Trinajstić information content (AvgIpc) is 2.70. The lowest BCUT2D eigenvalue weighted by molar-refractivity contribution is 0.600. The molecule has 2 aliphatic heterocycles.